The van der Waals surface area contributed by atoms with Crippen molar-refractivity contribution >= 4 is 39.3 Å². The van der Waals surface area contributed by atoms with Crippen LogP contribution >= 0.6 is 11.6 Å². The van der Waals surface area contributed by atoms with Crippen LogP contribution in [0.5, 0.6) is 17.2 Å². The van der Waals surface area contributed by atoms with Crippen LogP contribution in [0.15, 0.2) is 36.4 Å². The van der Waals surface area contributed by atoms with Crippen LogP contribution < -0.4 is 24.2 Å². The fourth-order valence-electron chi connectivity index (χ4n) is 4.63. The number of amides is 2. The number of fused-ring (bicyclic) bond motifs is 1. The van der Waals surface area contributed by atoms with Crippen molar-refractivity contribution in [2.45, 2.75) is 37.1 Å². The summed E-state index contributed by atoms with van der Waals surface area (Å²) >= 11 is 6.10. The first kappa shape index (κ1) is 30.7. The van der Waals surface area contributed by atoms with E-state index in [0.29, 0.717) is 31.0 Å². The standard InChI is InChI=1S/C25H27ClF3N3O8S/c1-41(36,37)31-23(35)30-19-4-3-18(39-22(34)25(27,28)29)11-21(19)38-14-17(33)13-32-8-6-24(7-9-32)12-15-10-16(26)2-5-20(15)40-24/h2-5,10-11,17,33H,6-9,12-14H2,1H3,(H2,30,31,35). The molecule has 2 heterocycles. The van der Waals surface area contributed by atoms with Gasteiger partial charge in [-0.15, -0.1) is 0 Å². The largest absolute Gasteiger partial charge is 0.491 e. The first-order chi connectivity index (χ1) is 19.1. The van der Waals surface area contributed by atoms with Crippen molar-refractivity contribution < 1.29 is 50.5 Å². The lowest BCUT2D eigenvalue weighted by Gasteiger charge is -2.39. The summed E-state index contributed by atoms with van der Waals surface area (Å²) in [5.74, 6) is -2.48. The highest BCUT2D eigenvalue weighted by Crippen LogP contribution is 2.42. The van der Waals surface area contributed by atoms with E-state index in [1.807, 2.05) is 17.0 Å². The molecule has 0 aromatic heterocycles. The fourth-order valence-corrected chi connectivity index (χ4v) is 5.21. The second-order valence-corrected chi connectivity index (χ2v) is 12.0. The highest BCUT2D eigenvalue weighted by atomic mass is 35.5. The zero-order chi connectivity index (χ0) is 30.0. The normalized spacial score (nSPS) is 17.3. The Balaban J connectivity index is 1.36. The van der Waals surface area contributed by atoms with Crippen molar-refractivity contribution in [3.8, 4) is 17.2 Å². The molecule has 2 aromatic rings. The van der Waals surface area contributed by atoms with Gasteiger partial charge >= 0.3 is 18.2 Å². The van der Waals surface area contributed by atoms with Crippen LogP contribution in [0.4, 0.5) is 23.7 Å². The van der Waals surface area contributed by atoms with Gasteiger partial charge in [-0.2, -0.15) is 13.2 Å². The molecular formula is C25H27ClF3N3O8S. The van der Waals surface area contributed by atoms with Gasteiger partial charge in [-0.1, -0.05) is 11.6 Å². The second-order valence-electron chi connectivity index (χ2n) is 9.85. The van der Waals surface area contributed by atoms with E-state index in [-0.39, 0.29) is 30.2 Å². The molecule has 3 N–H and O–H groups in total. The molecule has 2 amide bonds. The number of rotatable bonds is 8. The number of aliphatic hydroxyl groups excluding tert-OH is 1. The van der Waals surface area contributed by atoms with Crippen molar-refractivity contribution in [2.24, 2.45) is 0 Å². The Labute approximate surface area is 238 Å². The van der Waals surface area contributed by atoms with E-state index < -0.39 is 40.1 Å². The van der Waals surface area contributed by atoms with Crippen molar-refractivity contribution in [1.82, 2.24) is 9.62 Å². The highest BCUT2D eigenvalue weighted by molar-refractivity contribution is 7.89. The van der Waals surface area contributed by atoms with Gasteiger partial charge in [-0.3, -0.25) is 0 Å². The van der Waals surface area contributed by atoms with Crippen LogP contribution in [-0.2, 0) is 21.2 Å². The zero-order valence-corrected chi connectivity index (χ0v) is 23.2. The molecule has 1 fully saturated rings. The molecule has 41 heavy (non-hydrogen) atoms. The van der Waals surface area contributed by atoms with Gasteiger partial charge in [0.05, 0.1) is 11.9 Å². The zero-order valence-electron chi connectivity index (χ0n) is 21.7. The third-order valence-electron chi connectivity index (χ3n) is 6.45. The number of hydrogen-bond donors (Lipinski definition) is 3. The van der Waals surface area contributed by atoms with Crippen LogP contribution in [0.2, 0.25) is 5.02 Å². The van der Waals surface area contributed by atoms with E-state index in [4.69, 9.17) is 21.1 Å². The number of carbonyl (C=O) groups is 2. The summed E-state index contributed by atoms with van der Waals surface area (Å²) in [5, 5.41) is 13.4. The van der Waals surface area contributed by atoms with Gasteiger partial charge in [-0.05, 0) is 35.9 Å². The number of β-amino-alcohol motifs (C(OH)–C–C–N with tert-alkyl or cyclic N) is 1. The lowest BCUT2D eigenvalue weighted by Crippen LogP contribution is -2.49. The van der Waals surface area contributed by atoms with E-state index in [0.717, 1.165) is 42.2 Å². The minimum Gasteiger partial charge on any atom is -0.489 e. The maximum atomic E-state index is 12.6. The van der Waals surface area contributed by atoms with E-state index in [1.54, 1.807) is 10.8 Å². The predicted octanol–water partition coefficient (Wildman–Crippen LogP) is 3.10. The summed E-state index contributed by atoms with van der Waals surface area (Å²) in [6.45, 7) is 1.11. The molecular weight excluding hydrogens is 595 g/mol. The van der Waals surface area contributed by atoms with Crippen molar-refractivity contribution in [3.63, 3.8) is 0 Å². The molecule has 0 bridgehead atoms. The van der Waals surface area contributed by atoms with Crippen molar-refractivity contribution in [2.75, 3.05) is 37.8 Å². The van der Waals surface area contributed by atoms with E-state index in [2.05, 4.69) is 10.1 Å². The summed E-state index contributed by atoms with van der Waals surface area (Å²) in [7, 11) is -3.92. The lowest BCUT2D eigenvalue weighted by molar-refractivity contribution is -0.189. The highest BCUT2D eigenvalue weighted by Gasteiger charge is 2.43. The number of piperidine rings is 1. The first-order valence-electron chi connectivity index (χ1n) is 12.3. The maximum Gasteiger partial charge on any atom is 0.491 e. The molecule has 0 aliphatic carbocycles. The number of nitrogens with one attached hydrogen (secondary N) is 2. The van der Waals surface area contributed by atoms with Crippen LogP contribution in [0.3, 0.4) is 0 Å². The van der Waals surface area contributed by atoms with E-state index in [9.17, 15) is 36.3 Å². The number of sulfonamides is 1. The molecule has 1 spiro atoms. The number of esters is 1. The number of hydrogen-bond acceptors (Lipinski definition) is 9. The number of benzene rings is 2. The SMILES string of the molecule is CS(=O)(=O)NC(=O)Nc1ccc(OC(=O)C(F)(F)F)cc1OCC(O)CN1CCC2(CC1)Cc1cc(Cl)ccc1O2. The maximum absolute atomic E-state index is 12.6. The Morgan fingerprint density at radius 2 is 1.90 bits per heavy atom. The molecule has 1 atom stereocenters. The fraction of sp³-hybridized carbons (Fsp3) is 0.440. The molecule has 2 aliphatic rings. The van der Waals surface area contributed by atoms with Crippen molar-refractivity contribution in [1.29, 1.82) is 0 Å². The molecule has 4 rings (SSSR count). The van der Waals surface area contributed by atoms with Crippen molar-refractivity contribution in [3.05, 3.63) is 47.0 Å². The minimum atomic E-state index is -5.25. The molecule has 1 saturated heterocycles. The van der Waals surface area contributed by atoms with Gasteiger partial charge in [0.25, 0.3) is 0 Å². The molecule has 0 radical (unpaired) electrons. The van der Waals surface area contributed by atoms with Gasteiger partial charge in [0, 0.05) is 50.0 Å². The number of alkyl halides is 3. The number of likely N-dealkylation sites (tertiary alicyclic amines) is 1. The minimum absolute atomic E-state index is 0.150. The summed E-state index contributed by atoms with van der Waals surface area (Å²) in [4.78, 5) is 25.2. The quantitative estimate of drug-likeness (QED) is 0.299. The number of urea groups is 1. The Morgan fingerprint density at radius 3 is 2.56 bits per heavy atom. The Morgan fingerprint density at radius 1 is 1.20 bits per heavy atom. The Bertz CT molecular complexity index is 1420. The first-order valence-corrected chi connectivity index (χ1v) is 14.6. The van der Waals surface area contributed by atoms with Gasteiger partial charge in [-0.25, -0.2) is 22.7 Å². The topological polar surface area (TPSA) is 144 Å². The van der Waals surface area contributed by atoms with Crippen LogP contribution in [0.25, 0.3) is 0 Å². The molecule has 2 aliphatic heterocycles. The smallest absolute Gasteiger partial charge is 0.489 e. The molecule has 0 saturated carbocycles. The second kappa shape index (κ2) is 11.9. The summed E-state index contributed by atoms with van der Waals surface area (Å²) in [5.41, 5.74) is 0.562. The third-order valence-corrected chi connectivity index (χ3v) is 7.24. The molecule has 16 heteroatoms. The van der Waals surface area contributed by atoms with Crippen LogP contribution in [-0.4, -0.2) is 80.8 Å². The van der Waals surface area contributed by atoms with Gasteiger partial charge < -0.3 is 29.5 Å². The monoisotopic (exact) mass is 621 g/mol. The molecule has 224 valence electrons. The number of anilines is 1. The van der Waals surface area contributed by atoms with E-state index >= 15 is 0 Å². The molecule has 11 nitrogen and oxygen atoms in total. The number of halogens is 4. The van der Waals surface area contributed by atoms with Crippen LogP contribution in [0.1, 0.15) is 18.4 Å². The third kappa shape index (κ3) is 8.38. The van der Waals surface area contributed by atoms with E-state index in [1.165, 1.54) is 0 Å². The average molecular weight is 622 g/mol. The number of nitrogens with zero attached hydrogens (tertiary/aromatic N) is 1. The summed E-state index contributed by atoms with van der Waals surface area (Å²) in [6.07, 6.45) is -3.40. The predicted molar refractivity (Wildman–Crippen MR) is 141 cm³/mol. The van der Waals surface area contributed by atoms with Gasteiger partial charge in [0.15, 0.2) is 0 Å². The Hall–Kier alpha value is -3.27. The summed E-state index contributed by atoms with van der Waals surface area (Å²) in [6, 6.07) is 7.26. The van der Waals surface area contributed by atoms with Crippen LogP contribution in [0, 0.1) is 0 Å². The lowest BCUT2D eigenvalue weighted by atomic mass is 9.87. The van der Waals surface area contributed by atoms with Gasteiger partial charge in [0.1, 0.15) is 35.6 Å². The molecule has 1 unspecified atom stereocenters. The number of aliphatic hydroxyl groups is 1. The Kier molecular flexibility index (Phi) is 8.92. The number of ether oxygens (including phenoxy) is 3. The van der Waals surface area contributed by atoms with Gasteiger partial charge in [0.2, 0.25) is 10.0 Å². The molecule has 2 aromatic carbocycles. The number of carbonyl (C=O) groups excluding carboxylic acids is 2. The summed E-state index contributed by atoms with van der Waals surface area (Å²) < 4.78 is 78.3. The average Bonchev–Trinajstić information content (AvgIpc) is 3.20.